The van der Waals surface area contributed by atoms with E-state index in [1.54, 1.807) is 0 Å². The Bertz CT molecular complexity index is 2400. The molecule has 0 saturated heterocycles. The van der Waals surface area contributed by atoms with Gasteiger partial charge >= 0.3 is 22.4 Å². The van der Waals surface area contributed by atoms with Crippen molar-refractivity contribution in [3.8, 4) is 17.0 Å². The molecule has 0 saturated carbocycles. The van der Waals surface area contributed by atoms with Crippen LogP contribution in [0.25, 0.3) is 22.2 Å². The monoisotopic (exact) mass is 1090 g/mol. The number of aromatic nitrogens is 2. The second-order valence-electron chi connectivity index (χ2n) is 12.8. The van der Waals surface area contributed by atoms with Crippen molar-refractivity contribution in [3.63, 3.8) is 0 Å². The summed E-state index contributed by atoms with van der Waals surface area (Å²) < 4.78 is 2.15. The number of imidazole rings is 1. The number of nitrogens with zero attached hydrogens (tertiary/aromatic N) is 2. The Morgan fingerprint density at radius 3 is 1.51 bits per heavy atom. The van der Waals surface area contributed by atoms with Crippen LogP contribution in [0.1, 0.15) is 16.7 Å². The summed E-state index contributed by atoms with van der Waals surface area (Å²) in [5.74, 6) is 2.43. The molecule has 6 heteroatoms. The summed E-state index contributed by atoms with van der Waals surface area (Å²) in [5.41, 5.74) is 8.46. The van der Waals surface area contributed by atoms with Crippen molar-refractivity contribution >= 4 is 58.7 Å². The van der Waals surface area contributed by atoms with Crippen molar-refractivity contribution in [2.45, 2.75) is 6.42 Å². The number of hydrogen-bond acceptors (Lipinski definition) is 1. The zero-order valence-electron chi connectivity index (χ0n) is 29.0. The van der Waals surface area contributed by atoms with Crippen LogP contribution in [0, 0.1) is 12.3 Å². The average Bonchev–Trinajstić information content (AvgIpc) is 3.76. The van der Waals surface area contributed by atoms with Crippen molar-refractivity contribution in [3.05, 3.63) is 205 Å². The molecule has 1 aliphatic carbocycles. The smallest absolute Gasteiger partial charge is 0.366 e. The molecule has 0 spiro atoms. The Morgan fingerprint density at radius 1 is 0.547 bits per heavy atom. The Labute approximate surface area is 346 Å². The summed E-state index contributed by atoms with van der Waals surface area (Å²) in [7, 11) is -0.443. The van der Waals surface area contributed by atoms with Gasteiger partial charge in [-0.2, -0.15) is 0 Å². The van der Waals surface area contributed by atoms with E-state index >= 15 is 0 Å². The van der Waals surface area contributed by atoms with E-state index in [4.69, 9.17) is 11.4 Å². The fraction of sp³-hybridized carbons (Fsp3) is 0.0426. The molecule has 1 heterocycles. The van der Waals surface area contributed by atoms with Gasteiger partial charge in [0, 0.05) is 41.6 Å². The summed E-state index contributed by atoms with van der Waals surface area (Å²) >= 11 is 0. The molecule has 53 heavy (non-hydrogen) atoms. The van der Waals surface area contributed by atoms with Crippen LogP contribution in [-0.2, 0) is 58.2 Å². The first-order valence-electron chi connectivity index (χ1n) is 17.2. The Balaban J connectivity index is 0.000000237. The van der Waals surface area contributed by atoms with E-state index in [1.165, 1.54) is 59.6 Å². The van der Waals surface area contributed by atoms with E-state index in [0.29, 0.717) is 0 Å². The van der Waals surface area contributed by atoms with Gasteiger partial charge < -0.3 is 11.0 Å². The van der Waals surface area contributed by atoms with Crippen molar-refractivity contribution in [1.29, 1.82) is 0 Å². The van der Waals surface area contributed by atoms with Crippen molar-refractivity contribution in [1.82, 2.24) is 9.55 Å². The third-order valence-corrected chi connectivity index (χ3v) is 15.4. The van der Waals surface area contributed by atoms with Gasteiger partial charge in [-0.15, -0.1) is 17.7 Å². The van der Waals surface area contributed by atoms with E-state index < -0.39 is 15.8 Å². The van der Waals surface area contributed by atoms with E-state index in [2.05, 4.69) is 187 Å². The number of hydrogen-bond donors (Lipinski definition) is 0. The molecular weight excluding hydrogens is 1050 g/mol. The average molecular weight is 1090 g/mol. The maximum absolute atomic E-state index is 7.12. The van der Waals surface area contributed by atoms with Gasteiger partial charge in [-0.05, 0) is 71.6 Å². The van der Waals surface area contributed by atoms with Crippen LogP contribution >= 0.6 is 15.8 Å². The van der Waals surface area contributed by atoms with E-state index in [9.17, 15) is 0 Å². The topological polar surface area (TPSA) is 17.8 Å². The number of fused-ring (bicyclic) bond motifs is 4. The maximum Gasteiger partial charge on any atom is 1.00 e. The van der Waals surface area contributed by atoms with Gasteiger partial charge in [0.2, 0.25) is 0 Å². The summed E-state index contributed by atoms with van der Waals surface area (Å²) in [6.07, 6.45) is 10.0. The number of benzene rings is 7. The fourth-order valence-corrected chi connectivity index (χ4v) is 13.2. The first-order chi connectivity index (χ1) is 25.2. The molecule has 7 aromatic carbocycles. The van der Waals surface area contributed by atoms with Gasteiger partial charge in [0.15, 0.2) is 0 Å². The van der Waals surface area contributed by atoms with Gasteiger partial charge in [0.1, 0.15) is 47.7 Å². The molecule has 0 amide bonds. The van der Waals surface area contributed by atoms with Crippen molar-refractivity contribution < 1.29 is 44.8 Å². The summed E-state index contributed by atoms with van der Waals surface area (Å²) in [4.78, 5) is 4.79. The van der Waals surface area contributed by atoms with Gasteiger partial charge in [0.25, 0.3) is 0 Å². The van der Waals surface area contributed by atoms with Crippen molar-refractivity contribution in [2.24, 2.45) is 7.05 Å². The van der Waals surface area contributed by atoms with Crippen molar-refractivity contribution in [2.75, 3.05) is 0 Å². The number of aryl methyl sites for hydroxylation is 1. The van der Waals surface area contributed by atoms with Crippen LogP contribution in [-0.4, -0.2) is 9.55 Å². The van der Waals surface area contributed by atoms with Gasteiger partial charge in [-0.3, -0.25) is 5.92 Å². The van der Waals surface area contributed by atoms with Crippen LogP contribution < -0.4 is 31.8 Å². The second-order valence-corrected chi connectivity index (χ2v) is 17.7. The second kappa shape index (κ2) is 17.8. The standard InChI is InChI=1S/C32H26N2P2.C15H9.2Au/c1-34-24-33-29-22-31(35(25-14-6-2-7-15-25)26-16-8-3-9-17-26)32(23-30(29)34)36(27-18-10-4-11-19-27)28-20-12-5-13-21-28;1-2-11-7-8-15-13(9-11)10-12-5-3-4-6-14(12)15;;/h2-24H,1H3;3-9H,10H2;;/q;-1;;+1/p+2. The molecule has 2 nitrogen and oxygen atoms in total. The molecule has 1 aliphatic rings. The SMILES string of the molecule is Cn1cnc2cc([PH+](c3ccccc3)c3ccccc3)c([PH+](c3ccccc3)c3ccccc3)cc21.[Au+].[Au].[C-]#Cc1ccc2c(c1)Cc1ccccc1-2. The summed E-state index contributed by atoms with van der Waals surface area (Å²) in [6, 6.07) is 63.6. The summed E-state index contributed by atoms with van der Waals surface area (Å²) in [5, 5.41) is 8.48. The predicted octanol–water partition coefficient (Wildman–Crippen LogP) is 7.74. The van der Waals surface area contributed by atoms with Crippen LogP contribution in [0.5, 0.6) is 0 Å². The first kappa shape index (κ1) is 38.6. The molecule has 9 rings (SSSR count). The molecule has 8 aromatic rings. The third kappa shape index (κ3) is 8.21. The van der Waals surface area contributed by atoms with E-state index in [0.717, 1.165) is 17.5 Å². The van der Waals surface area contributed by atoms with Crippen LogP contribution in [0.2, 0.25) is 0 Å². The molecule has 1 radical (unpaired) electrons. The van der Waals surface area contributed by atoms with Gasteiger partial charge in [0.05, 0.1) is 17.4 Å². The minimum absolute atomic E-state index is 0. The summed E-state index contributed by atoms with van der Waals surface area (Å²) in [6.45, 7) is 0. The quantitative estimate of drug-likeness (QED) is 0.0722. The molecule has 265 valence electrons. The van der Waals surface area contributed by atoms with Gasteiger partial charge in [-0.1, -0.05) is 109 Å². The third-order valence-electron chi connectivity index (χ3n) is 9.59. The Kier molecular flexibility index (Phi) is 13.0. The predicted molar refractivity (Wildman–Crippen MR) is 222 cm³/mol. The molecule has 1 aromatic heterocycles. The van der Waals surface area contributed by atoms with E-state index in [1.807, 2.05) is 12.4 Å². The molecule has 0 aliphatic heterocycles. The molecular formula is C47H37Au2N2P2+2. The minimum Gasteiger partial charge on any atom is -0.366 e. The first-order valence-corrected chi connectivity index (χ1v) is 20.2. The van der Waals surface area contributed by atoms with Crippen LogP contribution in [0.3, 0.4) is 0 Å². The van der Waals surface area contributed by atoms with Gasteiger partial charge in [-0.25, -0.2) is 4.98 Å². The molecule has 0 bridgehead atoms. The molecule has 0 fully saturated rings. The van der Waals surface area contributed by atoms with Crippen LogP contribution in [0.4, 0.5) is 0 Å². The largest absolute Gasteiger partial charge is 1.00 e. The zero-order chi connectivity index (χ0) is 34.6. The molecule has 0 N–H and O–H groups in total. The Hall–Kier alpha value is -4.09. The fourth-order valence-electron chi connectivity index (χ4n) is 7.18. The zero-order valence-corrected chi connectivity index (χ0v) is 35.4. The molecule has 0 unspecified atom stereocenters. The number of rotatable bonds is 6. The molecule has 0 atom stereocenters. The van der Waals surface area contributed by atoms with Crippen LogP contribution in [0.15, 0.2) is 182 Å². The maximum atomic E-state index is 7.12. The Morgan fingerprint density at radius 2 is 1.00 bits per heavy atom. The van der Waals surface area contributed by atoms with E-state index in [-0.39, 0.29) is 44.8 Å². The minimum atomic E-state index is -1.27. The normalized spacial score (nSPS) is 11.1.